The first-order valence-corrected chi connectivity index (χ1v) is 6.49. The third-order valence-corrected chi connectivity index (χ3v) is 5.25. The molecule has 1 rings (SSSR count). The van der Waals surface area contributed by atoms with Crippen LogP contribution in [0.4, 0.5) is 0 Å². The minimum Gasteiger partial charge on any atom is -0.0651 e. The normalized spacial score (nSPS) is 46.3. The molecule has 0 heteroatoms. The Labute approximate surface area is 90.5 Å². The molecular formula is C14H28. The highest BCUT2D eigenvalue weighted by Gasteiger charge is 2.37. The zero-order valence-corrected chi connectivity index (χ0v) is 10.9. The Bertz CT molecular complexity index is 173. The van der Waals surface area contributed by atoms with Crippen LogP contribution in [0, 0.1) is 35.5 Å². The molecule has 1 aliphatic carbocycles. The van der Waals surface area contributed by atoms with E-state index in [0.29, 0.717) is 0 Å². The number of rotatable bonds is 2. The molecule has 0 aromatic carbocycles. The molecule has 14 heavy (non-hydrogen) atoms. The Morgan fingerprint density at radius 2 is 1.57 bits per heavy atom. The number of hydrogen-bond donors (Lipinski definition) is 0. The summed E-state index contributed by atoms with van der Waals surface area (Å²) in [6.45, 7) is 14.6. The summed E-state index contributed by atoms with van der Waals surface area (Å²) in [6, 6.07) is 0. The molecule has 0 bridgehead atoms. The standard InChI is InChI=1S/C14H28/c1-7-9(2)14-8-10(3)11(4)12(5)13(14)6/h9-14H,7-8H2,1-6H3. The van der Waals surface area contributed by atoms with E-state index in [4.69, 9.17) is 0 Å². The molecule has 0 nitrogen and oxygen atoms in total. The predicted octanol–water partition coefficient (Wildman–Crippen LogP) is 4.60. The summed E-state index contributed by atoms with van der Waals surface area (Å²) in [5.41, 5.74) is 0. The monoisotopic (exact) mass is 196 g/mol. The quantitative estimate of drug-likeness (QED) is 0.605. The average molecular weight is 196 g/mol. The Morgan fingerprint density at radius 1 is 1.00 bits per heavy atom. The minimum absolute atomic E-state index is 0.915. The van der Waals surface area contributed by atoms with Crippen LogP contribution in [0.15, 0.2) is 0 Å². The lowest BCUT2D eigenvalue weighted by molar-refractivity contribution is 0.0448. The van der Waals surface area contributed by atoms with Gasteiger partial charge in [0.2, 0.25) is 0 Å². The molecule has 84 valence electrons. The van der Waals surface area contributed by atoms with E-state index in [9.17, 15) is 0 Å². The second-order valence-electron chi connectivity index (χ2n) is 5.84. The molecule has 0 saturated heterocycles. The highest BCUT2D eigenvalue weighted by Crippen LogP contribution is 2.45. The second kappa shape index (κ2) is 4.68. The summed E-state index contributed by atoms with van der Waals surface area (Å²) >= 11 is 0. The first kappa shape index (κ1) is 12.1. The van der Waals surface area contributed by atoms with Gasteiger partial charge in [0.15, 0.2) is 0 Å². The lowest BCUT2D eigenvalue weighted by Crippen LogP contribution is -2.37. The molecule has 0 aromatic rings. The van der Waals surface area contributed by atoms with Crippen molar-refractivity contribution < 1.29 is 0 Å². The van der Waals surface area contributed by atoms with Gasteiger partial charge >= 0.3 is 0 Å². The van der Waals surface area contributed by atoms with Crippen molar-refractivity contribution in [1.29, 1.82) is 0 Å². The summed E-state index contributed by atoms with van der Waals surface area (Å²) in [5, 5.41) is 0. The Morgan fingerprint density at radius 3 is 2.07 bits per heavy atom. The van der Waals surface area contributed by atoms with Crippen LogP contribution in [0.1, 0.15) is 54.4 Å². The molecule has 0 radical (unpaired) electrons. The van der Waals surface area contributed by atoms with Gasteiger partial charge in [-0.25, -0.2) is 0 Å². The van der Waals surface area contributed by atoms with Crippen molar-refractivity contribution in [2.24, 2.45) is 35.5 Å². The predicted molar refractivity (Wildman–Crippen MR) is 64.2 cm³/mol. The molecule has 6 unspecified atom stereocenters. The van der Waals surface area contributed by atoms with Crippen LogP contribution in [0.5, 0.6) is 0 Å². The molecule has 0 spiro atoms. The molecular weight excluding hydrogens is 168 g/mol. The molecule has 1 fully saturated rings. The van der Waals surface area contributed by atoms with Gasteiger partial charge in [-0.15, -0.1) is 0 Å². The zero-order chi connectivity index (χ0) is 10.9. The fourth-order valence-electron chi connectivity index (χ4n) is 3.30. The van der Waals surface area contributed by atoms with E-state index in [1.807, 2.05) is 0 Å². The van der Waals surface area contributed by atoms with Gasteiger partial charge in [0.25, 0.3) is 0 Å². The van der Waals surface area contributed by atoms with Crippen LogP contribution >= 0.6 is 0 Å². The third kappa shape index (κ3) is 2.15. The van der Waals surface area contributed by atoms with Crippen molar-refractivity contribution in [2.45, 2.75) is 54.4 Å². The fraction of sp³-hybridized carbons (Fsp3) is 1.00. The summed E-state index contributed by atoms with van der Waals surface area (Å²) in [6.07, 6.45) is 2.81. The molecule has 0 aliphatic heterocycles. The Balaban J connectivity index is 2.70. The summed E-state index contributed by atoms with van der Waals surface area (Å²) in [7, 11) is 0. The van der Waals surface area contributed by atoms with Crippen molar-refractivity contribution >= 4 is 0 Å². The van der Waals surface area contributed by atoms with E-state index in [1.54, 1.807) is 0 Å². The summed E-state index contributed by atoms with van der Waals surface area (Å²) < 4.78 is 0. The number of hydrogen-bond acceptors (Lipinski definition) is 0. The van der Waals surface area contributed by atoms with E-state index in [0.717, 1.165) is 35.5 Å². The molecule has 0 amide bonds. The molecule has 0 N–H and O–H groups in total. The van der Waals surface area contributed by atoms with Crippen molar-refractivity contribution in [3.63, 3.8) is 0 Å². The molecule has 0 aromatic heterocycles. The lowest BCUT2D eigenvalue weighted by atomic mass is 9.61. The highest BCUT2D eigenvalue weighted by molar-refractivity contribution is 4.86. The van der Waals surface area contributed by atoms with Crippen molar-refractivity contribution in [2.75, 3.05) is 0 Å². The van der Waals surface area contributed by atoms with Gasteiger partial charge in [0, 0.05) is 0 Å². The first-order valence-electron chi connectivity index (χ1n) is 6.49. The van der Waals surface area contributed by atoms with Crippen LogP contribution < -0.4 is 0 Å². The van der Waals surface area contributed by atoms with Gasteiger partial charge in [0.05, 0.1) is 0 Å². The molecule has 1 saturated carbocycles. The van der Waals surface area contributed by atoms with E-state index in [2.05, 4.69) is 41.5 Å². The van der Waals surface area contributed by atoms with Gasteiger partial charge in [0.1, 0.15) is 0 Å². The van der Waals surface area contributed by atoms with Crippen LogP contribution in [-0.2, 0) is 0 Å². The topological polar surface area (TPSA) is 0 Å². The van der Waals surface area contributed by atoms with Crippen molar-refractivity contribution in [3.8, 4) is 0 Å². The van der Waals surface area contributed by atoms with E-state index in [1.165, 1.54) is 12.8 Å². The SMILES string of the molecule is CCC(C)C1CC(C)C(C)C(C)C1C. The van der Waals surface area contributed by atoms with Crippen molar-refractivity contribution in [3.05, 3.63) is 0 Å². The van der Waals surface area contributed by atoms with Crippen molar-refractivity contribution in [1.82, 2.24) is 0 Å². The van der Waals surface area contributed by atoms with E-state index >= 15 is 0 Å². The van der Waals surface area contributed by atoms with Crippen LogP contribution in [0.25, 0.3) is 0 Å². The average Bonchev–Trinajstić information content (AvgIpc) is 2.19. The second-order valence-corrected chi connectivity index (χ2v) is 5.84. The minimum atomic E-state index is 0.915. The summed E-state index contributed by atoms with van der Waals surface area (Å²) in [5.74, 6) is 5.59. The van der Waals surface area contributed by atoms with Gasteiger partial charge < -0.3 is 0 Å². The highest BCUT2D eigenvalue weighted by atomic mass is 14.4. The Kier molecular flexibility index (Phi) is 4.04. The van der Waals surface area contributed by atoms with Crippen LogP contribution in [0.3, 0.4) is 0 Å². The van der Waals surface area contributed by atoms with Gasteiger partial charge in [-0.2, -0.15) is 0 Å². The lowest BCUT2D eigenvalue weighted by Gasteiger charge is -2.45. The molecule has 0 heterocycles. The molecule has 1 aliphatic rings. The van der Waals surface area contributed by atoms with Crippen LogP contribution in [-0.4, -0.2) is 0 Å². The smallest absolute Gasteiger partial charge is 0.0358 e. The van der Waals surface area contributed by atoms with Gasteiger partial charge in [-0.05, 0) is 41.9 Å². The zero-order valence-electron chi connectivity index (χ0n) is 10.9. The summed E-state index contributed by atoms with van der Waals surface area (Å²) in [4.78, 5) is 0. The van der Waals surface area contributed by atoms with Gasteiger partial charge in [-0.3, -0.25) is 0 Å². The maximum atomic E-state index is 2.48. The Hall–Kier alpha value is 0. The van der Waals surface area contributed by atoms with E-state index < -0.39 is 0 Å². The third-order valence-electron chi connectivity index (χ3n) is 5.25. The maximum absolute atomic E-state index is 2.48. The van der Waals surface area contributed by atoms with E-state index in [-0.39, 0.29) is 0 Å². The fourth-order valence-corrected chi connectivity index (χ4v) is 3.30. The maximum Gasteiger partial charge on any atom is -0.0358 e. The largest absolute Gasteiger partial charge is 0.0651 e. The van der Waals surface area contributed by atoms with Gasteiger partial charge in [-0.1, -0.05) is 48.0 Å². The van der Waals surface area contributed by atoms with Crippen LogP contribution in [0.2, 0.25) is 0 Å². The first-order chi connectivity index (χ1) is 6.49. The molecule has 6 atom stereocenters.